The lowest BCUT2D eigenvalue weighted by Gasteiger charge is -2.10. The van der Waals surface area contributed by atoms with Crippen molar-refractivity contribution in [3.05, 3.63) is 81.6 Å². The number of aromatic nitrogens is 2. The number of nitrogens with zero attached hydrogens (tertiary/aromatic N) is 2. The van der Waals surface area contributed by atoms with Crippen LogP contribution in [0.25, 0.3) is 5.69 Å². The summed E-state index contributed by atoms with van der Waals surface area (Å²) >= 11 is 12.0. The summed E-state index contributed by atoms with van der Waals surface area (Å²) in [5.41, 5.74) is 3.53. The Bertz CT molecular complexity index is 922. The highest BCUT2D eigenvalue weighted by atomic mass is 35.5. The van der Waals surface area contributed by atoms with Crippen molar-refractivity contribution in [1.82, 2.24) is 15.1 Å². The molecule has 1 amide bonds. The van der Waals surface area contributed by atoms with Gasteiger partial charge in [0.1, 0.15) is 0 Å². The summed E-state index contributed by atoms with van der Waals surface area (Å²) < 4.78 is 1.84. The molecule has 2 aromatic carbocycles. The van der Waals surface area contributed by atoms with Gasteiger partial charge in [0.15, 0.2) is 0 Å². The standard InChI is InChI=1S/C21H21Cl2N3O/c1-2-6-20-17(14-25-26(20)16-7-4-3-5-8-16)21(27)24-12-11-15-9-10-18(22)19(23)13-15/h3-5,7-10,13-14H,2,6,11-12H2,1H3,(H,24,27). The van der Waals surface area contributed by atoms with Gasteiger partial charge in [-0.15, -0.1) is 0 Å². The summed E-state index contributed by atoms with van der Waals surface area (Å²) in [6.45, 7) is 2.60. The van der Waals surface area contributed by atoms with Crippen molar-refractivity contribution in [1.29, 1.82) is 0 Å². The Hall–Kier alpha value is -2.30. The van der Waals surface area contributed by atoms with Crippen LogP contribution in [0.1, 0.15) is 35.0 Å². The average molecular weight is 402 g/mol. The molecule has 0 unspecified atom stereocenters. The van der Waals surface area contributed by atoms with Gasteiger partial charge < -0.3 is 5.32 Å². The van der Waals surface area contributed by atoms with Crippen LogP contribution < -0.4 is 5.32 Å². The van der Waals surface area contributed by atoms with Crippen LogP contribution in [-0.2, 0) is 12.8 Å². The van der Waals surface area contributed by atoms with Crippen molar-refractivity contribution in [2.45, 2.75) is 26.2 Å². The number of hydrogen-bond donors (Lipinski definition) is 1. The highest BCUT2D eigenvalue weighted by molar-refractivity contribution is 6.42. The van der Waals surface area contributed by atoms with Gasteiger partial charge in [-0.1, -0.05) is 60.8 Å². The van der Waals surface area contributed by atoms with Crippen molar-refractivity contribution in [3.63, 3.8) is 0 Å². The zero-order chi connectivity index (χ0) is 19.2. The van der Waals surface area contributed by atoms with Gasteiger partial charge in [0, 0.05) is 6.54 Å². The Balaban J connectivity index is 1.70. The molecule has 0 bridgehead atoms. The van der Waals surface area contributed by atoms with Crippen molar-refractivity contribution >= 4 is 29.1 Å². The SMILES string of the molecule is CCCc1c(C(=O)NCCc2ccc(Cl)c(Cl)c2)cnn1-c1ccccc1. The quantitative estimate of drug-likeness (QED) is 0.598. The number of halogens is 2. The lowest BCUT2D eigenvalue weighted by molar-refractivity contribution is 0.0953. The van der Waals surface area contributed by atoms with Gasteiger partial charge in [-0.2, -0.15) is 5.10 Å². The van der Waals surface area contributed by atoms with Crippen molar-refractivity contribution in [2.24, 2.45) is 0 Å². The van der Waals surface area contributed by atoms with Gasteiger partial charge in [0.05, 0.1) is 33.2 Å². The Labute approximate surface area is 169 Å². The third-order valence-electron chi connectivity index (χ3n) is 4.28. The van der Waals surface area contributed by atoms with Crippen LogP contribution in [0, 0.1) is 0 Å². The van der Waals surface area contributed by atoms with Gasteiger partial charge in [-0.3, -0.25) is 4.79 Å². The lowest BCUT2D eigenvalue weighted by atomic mass is 10.1. The first-order chi connectivity index (χ1) is 13.1. The van der Waals surface area contributed by atoms with E-state index in [1.165, 1.54) is 0 Å². The molecule has 0 aliphatic carbocycles. The fourth-order valence-electron chi connectivity index (χ4n) is 2.94. The van der Waals surface area contributed by atoms with E-state index in [9.17, 15) is 4.79 Å². The summed E-state index contributed by atoms with van der Waals surface area (Å²) in [5, 5.41) is 8.47. The highest BCUT2D eigenvalue weighted by Crippen LogP contribution is 2.22. The third-order valence-corrected chi connectivity index (χ3v) is 5.02. The zero-order valence-corrected chi connectivity index (χ0v) is 16.6. The van der Waals surface area contributed by atoms with E-state index in [0.29, 0.717) is 28.6 Å². The fourth-order valence-corrected chi connectivity index (χ4v) is 3.26. The topological polar surface area (TPSA) is 46.9 Å². The summed E-state index contributed by atoms with van der Waals surface area (Å²) in [4.78, 5) is 12.7. The molecule has 140 valence electrons. The van der Waals surface area contributed by atoms with Gasteiger partial charge in [0.2, 0.25) is 0 Å². The fraction of sp³-hybridized carbons (Fsp3) is 0.238. The van der Waals surface area contributed by atoms with Gasteiger partial charge in [-0.25, -0.2) is 4.68 Å². The normalized spacial score (nSPS) is 10.8. The Morgan fingerprint density at radius 1 is 1.07 bits per heavy atom. The monoisotopic (exact) mass is 401 g/mol. The molecule has 1 aromatic heterocycles. The molecule has 0 fully saturated rings. The molecule has 0 spiro atoms. The summed E-state index contributed by atoms with van der Waals surface area (Å²) in [5.74, 6) is -0.110. The van der Waals surface area contributed by atoms with Crippen molar-refractivity contribution in [2.75, 3.05) is 6.54 Å². The van der Waals surface area contributed by atoms with E-state index in [1.54, 1.807) is 12.3 Å². The number of carbonyl (C=O) groups excluding carboxylic acids is 1. The molecule has 1 N–H and O–H groups in total. The second-order valence-corrected chi connectivity index (χ2v) is 7.07. The van der Waals surface area contributed by atoms with Crippen molar-refractivity contribution in [3.8, 4) is 5.69 Å². The molecule has 0 saturated carbocycles. The molecule has 0 saturated heterocycles. The van der Waals surface area contributed by atoms with E-state index in [2.05, 4.69) is 17.3 Å². The van der Waals surface area contributed by atoms with Crippen LogP contribution in [0.5, 0.6) is 0 Å². The van der Waals surface area contributed by atoms with Crippen LogP contribution >= 0.6 is 23.2 Å². The number of para-hydroxylation sites is 1. The zero-order valence-electron chi connectivity index (χ0n) is 15.1. The van der Waals surface area contributed by atoms with Gasteiger partial charge in [0.25, 0.3) is 5.91 Å². The molecular weight excluding hydrogens is 381 g/mol. The van der Waals surface area contributed by atoms with Crippen LogP contribution in [0.4, 0.5) is 0 Å². The minimum absolute atomic E-state index is 0.110. The van der Waals surface area contributed by atoms with Gasteiger partial charge >= 0.3 is 0 Å². The van der Waals surface area contributed by atoms with E-state index in [0.717, 1.165) is 29.8 Å². The molecule has 3 rings (SSSR count). The van der Waals surface area contributed by atoms with E-state index in [-0.39, 0.29) is 5.91 Å². The minimum Gasteiger partial charge on any atom is -0.352 e. The first kappa shape index (κ1) is 19.5. The maximum Gasteiger partial charge on any atom is 0.254 e. The predicted molar refractivity (Wildman–Crippen MR) is 110 cm³/mol. The van der Waals surface area contributed by atoms with Crippen LogP contribution in [0.2, 0.25) is 10.0 Å². The Kier molecular flexibility index (Phi) is 6.54. The Morgan fingerprint density at radius 2 is 1.85 bits per heavy atom. The maximum atomic E-state index is 12.7. The van der Waals surface area contributed by atoms with E-state index in [1.807, 2.05) is 47.1 Å². The molecule has 1 heterocycles. The molecule has 0 atom stereocenters. The second-order valence-electron chi connectivity index (χ2n) is 6.26. The smallest absolute Gasteiger partial charge is 0.254 e. The van der Waals surface area contributed by atoms with Gasteiger partial charge in [-0.05, 0) is 42.7 Å². The van der Waals surface area contributed by atoms with Crippen LogP contribution in [-0.4, -0.2) is 22.2 Å². The number of hydrogen-bond acceptors (Lipinski definition) is 2. The summed E-state index contributed by atoms with van der Waals surface area (Å²) in [6, 6.07) is 15.4. The van der Waals surface area contributed by atoms with Crippen molar-refractivity contribution < 1.29 is 4.79 Å². The molecule has 0 aliphatic rings. The minimum atomic E-state index is -0.110. The molecular formula is C21H21Cl2N3O. The number of benzene rings is 2. The number of rotatable bonds is 7. The number of amides is 1. The number of carbonyl (C=O) groups is 1. The molecule has 27 heavy (non-hydrogen) atoms. The first-order valence-corrected chi connectivity index (χ1v) is 9.70. The lowest BCUT2D eigenvalue weighted by Crippen LogP contribution is -2.26. The molecule has 6 heteroatoms. The summed E-state index contributed by atoms with van der Waals surface area (Å²) in [7, 11) is 0. The molecule has 0 aliphatic heterocycles. The first-order valence-electron chi connectivity index (χ1n) is 8.94. The maximum absolute atomic E-state index is 12.7. The summed E-state index contributed by atoms with van der Waals surface area (Å²) in [6.07, 6.45) is 4.04. The van der Waals surface area contributed by atoms with E-state index >= 15 is 0 Å². The van der Waals surface area contributed by atoms with Crippen LogP contribution in [0.3, 0.4) is 0 Å². The van der Waals surface area contributed by atoms with E-state index in [4.69, 9.17) is 23.2 Å². The number of nitrogens with one attached hydrogen (secondary N) is 1. The second kappa shape index (κ2) is 9.07. The average Bonchev–Trinajstić information content (AvgIpc) is 3.09. The molecule has 0 radical (unpaired) electrons. The third kappa shape index (κ3) is 4.71. The largest absolute Gasteiger partial charge is 0.352 e. The molecule has 3 aromatic rings. The predicted octanol–water partition coefficient (Wildman–Crippen LogP) is 5.10. The Morgan fingerprint density at radius 3 is 2.56 bits per heavy atom. The molecule has 4 nitrogen and oxygen atoms in total. The highest BCUT2D eigenvalue weighted by Gasteiger charge is 2.17. The van der Waals surface area contributed by atoms with E-state index < -0.39 is 0 Å². The van der Waals surface area contributed by atoms with Crippen LogP contribution in [0.15, 0.2) is 54.7 Å².